The Morgan fingerprint density at radius 3 is 2.24 bits per heavy atom. The lowest BCUT2D eigenvalue weighted by molar-refractivity contribution is 0.0956. The lowest BCUT2D eigenvalue weighted by atomic mass is 10.0. The molecule has 0 fully saturated rings. The summed E-state index contributed by atoms with van der Waals surface area (Å²) in [6, 6.07) is 20.4. The van der Waals surface area contributed by atoms with Gasteiger partial charge in [0.2, 0.25) is 5.75 Å². The van der Waals surface area contributed by atoms with E-state index in [9.17, 15) is 4.79 Å². The van der Waals surface area contributed by atoms with Crippen molar-refractivity contribution in [1.29, 1.82) is 0 Å². The molecule has 8 heteroatoms. The van der Waals surface area contributed by atoms with Gasteiger partial charge in [0.15, 0.2) is 11.5 Å². The van der Waals surface area contributed by atoms with Crippen molar-refractivity contribution in [3.63, 3.8) is 0 Å². The van der Waals surface area contributed by atoms with Crippen LogP contribution in [0.5, 0.6) is 23.0 Å². The van der Waals surface area contributed by atoms with E-state index in [1.54, 1.807) is 18.2 Å². The maximum absolute atomic E-state index is 13.3. The smallest absolute Gasteiger partial charge is 0.272 e. The summed E-state index contributed by atoms with van der Waals surface area (Å²) in [5.41, 5.74) is 5.86. The molecule has 1 N–H and O–H groups in total. The molecule has 1 aromatic heterocycles. The second-order valence-corrected chi connectivity index (χ2v) is 8.39. The zero-order chi connectivity index (χ0) is 26.4. The molecule has 190 valence electrons. The number of hydrazone groups is 1. The van der Waals surface area contributed by atoms with E-state index >= 15 is 0 Å². The first-order valence-corrected chi connectivity index (χ1v) is 11.7. The molecule has 0 saturated heterocycles. The van der Waals surface area contributed by atoms with Crippen molar-refractivity contribution in [2.75, 3.05) is 21.3 Å². The number of rotatable bonds is 9. The fourth-order valence-electron chi connectivity index (χ4n) is 3.94. The van der Waals surface area contributed by atoms with Gasteiger partial charge in [-0.05, 0) is 50.2 Å². The van der Waals surface area contributed by atoms with Gasteiger partial charge >= 0.3 is 0 Å². The number of para-hydroxylation sites is 2. The Morgan fingerprint density at radius 2 is 1.57 bits per heavy atom. The van der Waals surface area contributed by atoms with Crippen molar-refractivity contribution in [3.8, 4) is 34.3 Å². The van der Waals surface area contributed by atoms with Gasteiger partial charge in [0, 0.05) is 16.5 Å². The monoisotopic (exact) mass is 499 g/mol. The predicted molar refractivity (Wildman–Crippen MR) is 144 cm³/mol. The number of amides is 1. The zero-order valence-electron chi connectivity index (χ0n) is 21.4. The van der Waals surface area contributed by atoms with Crippen LogP contribution in [0.2, 0.25) is 0 Å². The molecule has 0 unspecified atom stereocenters. The number of fused-ring (bicyclic) bond motifs is 1. The Labute approximate surface area is 215 Å². The van der Waals surface area contributed by atoms with Crippen molar-refractivity contribution in [1.82, 2.24) is 10.4 Å². The van der Waals surface area contributed by atoms with E-state index in [2.05, 4.69) is 10.5 Å². The number of nitrogens with one attached hydrogen (secondary N) is 1. The maximum Gasteiger partial charge on any atom is 0.272 e. The van der Waals surface area contributed by atoms with Gasteiger partial charge in [-0.1, -0.05) is 30.3 Å². The molecule has 1 heterocycles. The van der Waals surface area contributed by atoms with Gasteiger partial charge in [0.1, 0.15) is 5.75 Å². The number of carbonyl (C=O) groups is 1. The highest BCUT2D eigenvalue weighted by Crippen LogP contribution is 2.37. The Morgan fingerprint density at radius 1 is 0.892 bits per heavy atom. The fourth-order valence-corrected chi connectivity index (χ4v) is 3.94. The minimum Gasteiger partial charge on any atom is -0.493 e. The topological polar surface area (TPSA) is 91.3 Å². The van der Waals surface area contributed by atoms with Crippen molar-refractivity contribution in [3.05, 3.63) is 77.9 Å². The van der Waals surface area contributed by atoms with Crippen LogP contribution >= 0.6 is 0 Å². The van der Waals surface area contributed by atoms with Crippen molar-refractivity contribution >= 4 is 23.0 Å². The third-order valence-corrected chi connectivity index (χ3v) is 5.55. The zero-order valence-corrected chi connectivity index (χ0v) is 21.4. The predicted octanol–water partition coefficient (Wildman–Crippen LogP) is 5.48. The lowest BCUT2D eigenvalue weighted by Gasteiger charge is -2.15. The van der Waals surface area contributed by atoms with Crippen LogP contribution in [0.4, 0.5) is 0 Å². The molecule has 37 heavy (non-hydrogen) atoms. The van der Waals surface area contributed by atoms with E-state index < -0.39 is 0 Å². The van der Waals surface area contributed by atoms with Crippen LogP contribution in [0, 0.1) is 0 Å². The average Bonchev–Trinajstić information content (AvgIpc) is 2.91. The highest BCUT2D eigenvalue weighted by molar-refractivity contribution is 6.07. The Hall–Kier alpha value is -4.59. The number of hydrogen-bond donors (Lipinski definition) is 1. The van der Waals surface area contributed by atoms with Gasteiger partial charge in [-0.25, -0.2) is 10.4 Å². The molecular formula is C29H29N3O5. The third-order valence-electron chi connectivity index (χ3n) is 5.55. The number of benzene rings is 3. The molecule has 0 bridgehead atoms. The minimum atomic E-state index is -0.370. The van der Waals surface area contributed by atoms with Crippen molar-refractivity contribution < 1.29 is 23.7 Å². The van der Waals surface area contributed by atoms with E-state index in [4.69, 9.17) is 23.9 Å². The van der Waals surface area contributed by atoms with Crippen LogP contribution in [-0.2, 0) is 0 Å². The molecule has 4 aromatic rings. The van der Waals surface area contributed by atoms with E-state index in [0.29, 0.717) is 50.7 Å². The molecule has 3 aromatic carbocycles. The van der Waals surface area contributed by atoms with Crippen LogP contribution in [-0.4, -0.2) is 44.5 Å². The molecule has 8 nitrogen and oxygen atoms in total. The molecule has 0 spiro atoms. The third kappa shape index (κ3) is 5.64. The summed E-state index contributed by atoms with van der Waals surface area (Å²) in [5, 5.41) is 4.89. The Bertz CT molecular complexity index is 1420. The van der Waals surface area contributed by atoms with Crippen LogP contribution in [0.1, 0.15) is 29.8 Å². The van der Waals surface area contributed by atoms with Crippen LogP contribution in [0.25, 0.3) is 22.2 Å². The number of nitrogens with zero attached hydrogens (tertiary/aromatic N) is 2. The summed E-state index contributed by atoms with van der Waals surface area (Å²) >= 11 is 0. The maximum atomic E-state index is 13.3. The largest absolute Gasteiger partial charge is 0.493 e. The minimum absolute atomic E-state index is 0.00563. The number of methoxy groups -OCH3 is 3. The van der Waals surface area contributed by atoms with E-state index in [1.165, 1.54) is 27.5 Å². The van der Waals surface area contributed by atoms with E-state index in [1.807, 2.05) is 62.4 Å². The molecule has 1 amide bonds. The number of hydrogen-bond acceptors (Lipinski definition) is 7. The summed E-state index contributed by atoms with van der Waals surface area (Å²) in [4.78, 5) is 18.1. The van der Waals surface area contributed by atoms with Crippen LogP contribution in [0.15, 0.2) is 71.8 Å². The first-order chi connectivity index (χ1) is 17.9. The fraction of sp³-hybridized carbons (Fsp3) is 0.207. The van der Waals surface area contributed by atoms with Gasteiger partial charge < -0.3 is 18.9 Å². The molecule has 0 aliphatic carbocycles. The number of aromatic nitrogens is 1. The molecule has 0 aliphatic rings. The first-order valence-electron chi connectivity index (χ1n) is 11.7. The number of ether oxygens (including phenoxy) is 4. The second kappa shape index (κ2) is 11.4. The summed E-state index contributed by atoms with van der Waals surface area (Å²) in [6.07, 6.45) is 1.51. The molecule has 0 aliphatic heterocycles. The normalized spacial score (nSPS) is 11.1. The highest BCUT2D eigenvalue weighted by Gasteiger charge is 2.17. The summed E-state index contributed by atoms with van der Waals surface area (Å²) in [6.45, 7) is 3.94. The van der Waals surface area contributed by atoms with Crippen molar-refractivity contribution in [2.45, 2.75) is 20.0 Å². The molecular weight excluding hydrogens is 470 g/mol. The van der Waals surface area contributed by atoms with Gasteiger partial charge in [-0.3, -0.25) is 4.79 Å². The molecule has 0 radical (unpaired) electrons. The number of carbonyl (C=O) groups excluding carboxylic acids is 1. The van der Waals surface area contributed by atoms with E-state index in [0.717, 1.165) is 5.56 Å². The standard InChI is InChI=1S/C29H29N3O5/c1-18(2)37-25-13-9-7-11-21(25)24-16-22(20-10-6-8-12-23(20)31-24)29(33)32-30-17-19-14-26(34-3)28(36-5)27(15-19)35-4/h6-18H,1-5H3,(H,32,33). The van der Waals surface area contributed by atoms with Crippen molar-refractivity contribution in [2.24, 2.45) is 5.10 Å². The molecule has 4 rings (SSSR count). The van der Waals surface area contributed by atoms with Crippen LogP contribution in [0.3, 0.4) is 0 Å². The SMILES string of the molecule is COc1cc(C=NNC(=O)c2cc(-c3ccccc3OC(C)C)nc3ccccc23)cc(OC)c1OC. The van der Waals surface area contributed by atoms with Crippen LogP contribution < -0.4 is 24.4 Å². The second-order valence-electron chi connectivity index (χ2n) is 8.39. The van der Waals surface area contributed by atoms with Gasteiger partial charge in [0.05, 0.1) is 50.4 Å². The van der Waals surface area contributed by atoms with Gasteiger partial charge in [0.25, 0.3) is 5.91 Å². The first kappa shape index (κ1) is 25.5. The average molecular weight is 500 g/mol. The molecule has 0 saturated carbocycles. The summed E-state index contributed by atoms with van der Waals surface area (Å²) < 4.78 is 22.1. The Balaban J connectivity index is 1.68. The highest BCUT2D eigenvalue weighted by atomic mass is 16.5. The van der Waals surface area contributed by atoms with Gasteiger partial charge in [-0.15, -0.1) is 0 Å². The lowest BCUT2D eigenvalue weighted by Crippen LogP contribution is -2.18. The summed E-state index contributed by atoms with van der Waals surface area (Å²) in [5.74, 6) is 1.78. The molecule has 0 atom stereocenters. The summed E-state index contributed by atoms with van der Waals surface area (Å²) in [7, 11) is 4.61. The quantitative estimate of drug-likeness (QED) is 0.242. The van der Waals surface area contributed by atoms with E-state index in [-0.39, 0.29) is 12.0 Å². The Kier molecular flexibility index (Phi) is 7.88. The van der Waals surface area contributed by atoms with Gasteiger partial charge in [-0.2, -0.15) is 5.10 Å². The number of pyridine rings is 1.